The van der Waals surface area contributed by atoms with Crippen LogP contribution >= 0.6 is 23.2 Å². The monoisotopic (exact) mass is 438 g/mol. The third-order valence-corrected chi connectivity index (χ3v) is 4.58. The number of para-hydroxylation sites is 1. The van der Waals surface area contributed by atoms with Crippen LogP contribution in [-0.4, -0.2) is 24.5 Å². The predicted octanol–water partition coefficient (Wildman–Crippen LogP) is 4.47. The maximum Gasteiger partial charge on any atom is 0.279 e. The number of carbonyl (C=O) groups is 2. The molecule has 0 saturated carbocycles. The Bertz CT molecular complexity index is 845. The van der Waals surface area contributed by atoms with E-state index in [1.54, 1.807) is 24.3 Å². The second-order valence-electron chi connectivity index (χ2n) is 6.34. The highest BCUT2D eigenvalue weighted by Gasteiger charge is 2.19. The van der Waals surface area contributed by atoms with Gasteiger partial charge >= 0.3 is 0 Å². The first-order valence-electron chi connectivity index (χ1n) is 9.29. The zero-order valence-corrected chi connectivity index (χ0v) is 17.8. The maximum atomic E-state index is 12.3. The van der Waals surface area contributed by atoms with Gasteiger partial charge in [-0.05, 0) is 49.6 Å². The lowest BCUT2D eigenvalue weighted by Crippen LogP contribution is -2.48. The van der Waals surface area contributed by atoms with Gasteiger partial charge in [-0.25, -0.2) is 0 Å². The molecule has 2 N–H and O–H groups in total. The van der Waals surface area contributed by atoms with Crippen LogP contribution in [0.5, 0.6) is 11.5 Å². The fourth-order valence-corrected chi connectivity index (χ4v) is 2.91. The van der Waals surface area contributed by atoms with E-state index in [9.17, 15) is 9.59 Å². The van der Waals surface area contributed by atoms with Crippen molar-refractivity contribution in [1.29, 1.82) is 0 Å². The summed E-state index contributed by atoms with van der Waals surface area (Å²) >= 11 is 11.8. The van der Waals surface area contributed by atoms with Crippen LogP contribution in [0.3, 0.4) is 0 Å². The minimum Gasteiger partial charge on any atom is -0.492 e. The number of rotatable bonds is 9. The summed E-state index contributed by atoms with van der Waals surface area (Å²) in [6.07, 6.45) is 0.399. The number of hydrogen-bond donors (Lipinski definition) is 2. The van der Waals surface area contributed by atoms with Gasteiger partial charge in [-0.3, -0.25) is 20.4 Å². The second-order valence-corrected chi connectivity index (χ2v) is 7.19. The zero-order chi connectivity index (χ0) is 21.2. The molecule has 2 rings (SSSR count). The smallest absolute Gasteiger partial charge is 0.279 e. The lowest BCUT2D eigenvalue weighted by molar-refractivity contribution is -0.133. The molecule has 0 radical (unpaired) electrons. The molecule has 1 atom stereocenters. The van der Waals surface area contributed by atoms with Crippen molar-refractivity contribution in [3.63, 3.8) is 0 Å². The molecular formula is C21H24Cl2N2O4. The van der Waals surface area contributed by atoms with Crippen LogP contribution in [0.25, 0.3) is 0 Å². The Morgan fingerprint density at radius 3 is 2.52 bits per heavy atom. The molecule has 0 aromatic heterocycles. The van der Waals surface area contributed by atoms with Crippen LogP contribution in [0.2, 0.25) is 10.0 Å². The summed E-state index contributed by atoms with van der Waals surface area (Å²) in [7, 11) is 0. The van der Waals surface area contributed by atoms with Gasteiger partial charge in [0.1, 0.15) is 11.5 Å². The molecule has 0 fully saturated rings. The normalized spacial score (nSPS) is 11.4. The molecule has 0 heterocycles. The van der Waals surface area contributed by atoms with Crippen molar-refractivity contribution in [1.82, 2.24) is 10.9 Å². The topological polar surface area (TPSA) is 76.7 Å². The quantitative estimate of drug-likeness (QED) is 0.447. The van der Waals surface area contributed by atoms with Crippen LogP contribution in [0.1, 0.15) is 31.7 Å². The molecule has 0 aliphatic heterocycles. The average Bonchev–Trinajstić information content (AvgIpc) is 2.70. The third kappa shape index (κ3) is 7.48. The summed E-state index contributed by atoms with van der Waals surface area (Å²) in [5.74, 6) is 0.408. The van der Waals surface area contributed by atoms with Crippen molar-refractivity contribution in [3.05, 3.63) is 58.1 Å². The molecule has 0 aliphatic carbocycles. The first kappa shape index (κ1) is 22.8. The van der Waals surface area contributed by atoms with Crippen LogP contribution < -0.4 is 20.3 Å². The van der Waals surface area contributed by atoms with Gasteiger partial charge in [0.05, 0.1) is 11.6 Å². The van der Waals surface area contributed by atoms with Gasteiger partial charge in [-0.2, -0.15) is 0 Å². The molecule has 0 aliphatic rings. The molecule has 0 spiro atoms. The van der Waals surface area contributed by atoms with Crippen LogP contribution in [0, 0.1) is 6.92 Å². The molecule has 0 saturated heterocycles. The van der Waals surface area contributed by atoms with Crippen molar-refractivity contribution in [2.24, 2.45) is 0 Å². The van der Waals surface area contributed by atoms with Gasteiger partial charge in [0.25, 0.3) is 5.91 Å². The van der Waals surface area contributed by atoms with Crippen molar-refractivity contribution in [2.75, 3.05) is 6.61 Å². The van der Waals surface area contributed by atoms with Gasteiger partial charge in [0.15, 0.2) is 6.10 Å². The highest BCUT2D eigenvalue weighted by molar-refractivity contribution is 6.35. The van der Waals surface area contributed by atoms with E-state index in [2.05, 4.69) is 10.9 Å². The van der Waals surface area contributed by atoms with Gasteiger partial charge in [-0.1, -0.05) is 48.3 Å². The number of hydrazine groups is 1. The summed E-state index contributed by atoms with van der Waals surface area (Å²) in [6, 6.07) is 12.4. The highest BCUT2D eigenvalue weighted by atomic mass is 35.5. The summed E-state index contributed by atoms with van der Waals surface area (Å²) in [6.45, 7) is 4.04. The Morgan fingerprint density at radius 1 is 1.07 bits per heavy atom. The Balaban J connectivity index is 1.70. The van der Waals surface area contributed by atoms with Gasteiger partial charge < -0.3 is 9.47 Å². The zero-order valence-electron chi connectivity index (χ0n) is 16.3. The van der Waals surface area contributed by atoms with Gasteiger partial charge in [0, 0.05) is 11.4 Å². The molecule has 6 nitrogen and oxygen atoms in total. The fraction of sp³-hybridized carbons (Fsp3) is 0.333. The van der Waals surface area contributed by atoms with E-state index in [0.717, 1.165) is 5.56 Å². The number of benzene rings is 2. The fourth-order valence-electron chi connectivity index (χ4n) is 2.45. The van der Waals surface area contributed by atoms with Crippen molar-refractivity contribution in [2.45, 2.75) is 39.2 Å². The largest absolute Gasteiger partial charge is 0.492 e. The first-order valence-corrected chi connectivity index (χ1v) is 10.0. The van der Waals surface area contributed by atoms with Crippen molar-refractivity contribution >= 4 is 35.0 Å². The summed E-state index contributed by atoms with van der Waals surface area (Å²) < 4.78 is 11.3. The molecule has 2 aromatic carbocycles. The van der Waals surface area contributed by atoms with E-state index in [1.165, 1.54) is 0 Å². The highest BCUT2D eigenvalue weighted by Crippen LogP contribution is 2.27. The minimum absolute atomic E-state index is 0.181. The maximum absolute atomic E-state index is 12.3. The van der Waals surface area contributed by atoms with E-state index in [0.29, 0.717) is 41.0 Å². The van der Waals surface area contributed by atoms with E-state index in [-0.39, 0.29) is 12.3 Å². The Kier molecular flexibility index (Phi) is 9.09. The summed E-state index contributed by atoms with van der Waals surface area (Å²) in [5.41, 5.74) is 5.74. The number of nitrogens with one attached hydrogen (secondary N) is 2. The van der Waals surface area contributed by atoms with E-state index >= 15 is 0 Å². The van der Waals surface area contributed by atoms with Crippen LogP contribution in [0.4, 0.5) is 0 Å². The minimum atomic E-state index is -0.702. The standard InChI is InChI=1S/C21H24Cl2N2O4/c1-3-17(29-18-8-5-4-7-14(18)2)21(27)25-24-20(26)9-6-12-28-19-11-10-15(22)13-16(19)23/h4-5,7-8,10-11,13,17H,3,6,9,12H2,1-2H3,(H,24,26)(H,25,27). The molecule has 0 bridgehead atoms. The predicted molar refractivity (Wildman–Crippen MR) is 113 cm³/mol. The number of amides is 2. The molecule has 29 heavy (non-hydrogen) atoms. The Labute approximate surface area is 180 Å². The number of carbonyl (C=O) groups excluding carboxylic acids is 2. The molecule has 1 unspecified atom stereocenters. The number of hydrogen-bond acceptors (Lipinski definition) is 4. The average molecular weight is 439 g/mol. The molecular weight excluding hydrogens is 415 g/mol. The number of ether oxygens (including phenoxy) is 2. The molecule has 156 valence electrons. The van der Waals surface area contributed by atoms with E-state index in [4.69, 9.17) is 32.7 Å². The Hall–Kier alpha value is -2.44. The lowest BCUT2D eigenvalue weighted by atomic mass is 10.2. The van der Waals surface area contributed by atoms with Crippen molar-refractivity contribution in [3.8, 4) is 11.5 Å². The summed E-state index contributed by atoms with van der Waals surface area (Å²) in [4.78, 5) is 24.2. The molecule has 8 heteroatoms. The SMILES string of the molecule is CCC(Oc1ccccc1C)C(=O)NNC(=O)CCCOc1ccc(Cl)cc1Cl. The van der Waals surface area contributed by atoms with Gasteiger partial charge in [-0.15, -0.1) is 0 Å². The summed E-state index contributed by atoms with van der Waals surface area (Å²) in [5, 5.41) is 0.933. The number of halogens is 2. The second kappa shape index (κ2) is 11.5. The first-order chi connectivity index (χ1) is 13.9. The third-order valence-electron chi connectivity index (χ3n) is 4.05. The van der Waals surface area contributed by atoms with E-state index in [1.807, 2.05) is 32.0 Å². The van der Waals surface area contributed by atoms with Crippen LogP contribution in [-0.2, 0) is 9.59 Å². The number of aryl methyl sites for hydroxylation is 1. The van der Waals surface area contributed by atoms with Crippen LogP contribution in [0.15, 0.2) is 42.5 Å². The molecule has 2 aromatic rings. The lowest BCUT2D eigenvalue weighted by Gasteiger charge is -2.18. The van der Waals surface area contributed by atoms with Crippen molar-refractivity contribution < 1.29 is 19.1 Å². The van der Waals surface area contributed by atoms with E-state index < -0.39 is 12.0 Å². The Morgan fingerprint density at radius 2 is 1.83 bits per heavy atom. The van der Waals surface area contributed by atoms with Gasteiger partial charge in [0.2, 0.25) is 5.91 Å². The molecule has 2 amide bonds.